The van der Waals surface area contributed by atoms with Crippen LogP contribution in [0.3, 0.4) is 0 Å². The van der Waals surface area contributed by atoms with Crippen molar-refractivity contribution < 1.29 is 41.1 Å². The van der Waals surface area contributed by atoms with Crippen molar-refractivity contribution in [1.82, 2.24) is 24.6 Å². The van der Waals surface area contributed by atoms with E-state index in [-0.39, 0.29) is 53.7 Å². The predicted octanol–water partition coefficient (Wildman–Crippen LogP) is 9.79. The number of nitrogen functional groups attached to an aromatic ring is 1. The Morgan fingerprint density at radius 2 is 1.68 bits per heavy atom. The number of rotatable bonds is 25. The van der Waals surface area contributed by atoms with Crippen LogP contribution < -0.4 is 15.3 Å². The van der Waals surface area contributed by atoms with Crippen LogP contribution in [0.5, 0.6) is 5.75 Å². The van der Waals surface area contributed by atoms with Crippen LogP contribution in [0.25, 0.3) is 11.2 Å². The first-order valence-corrected chi connectivity index (χ1v) is 22.2. The lowest BCUT2D eigenvalue weighted by Gasteiger charge is -2.29. The molecule has 1 saturated heterocycles. The number of nitrogens with two attached hydrogens (primary N) is 1. The Bertz CT molecular complexity index is 2020. The van der Waals surface area contributed by atoms with E-state index in [1.807, 2.05) is 0 Å². The number of terminal acetylenes is 1. The third-order valence-electron chi connectivity index (χ3n) is 10.4. The van der Waals surface area contributed by atoms with Gasteiger partial charge in [0.1, 0.15) is 29.7 Å². The number of hydrogen-bond donors (Lipinski definition) is 2. The third-order valence-corrected chi connectivity index (χ3v) is 12.0. The molecule has 2 aromatic heterocycles. The van der Waals surface area contributed by atoms with Crippen LogP contribution in [-0.2, 0) is 29.8 Å². The first-order chi connectivity index (χ1) is 28.4. The molecule has 320 valence electrons. The summed E-state index contributed by atoms with van der Waals surface area (Å²) in [5, 5.41) is 2.74. The second-order valence-electron chi connectivity index (χ2n) is 15.2. The number of para-hydroxylation sites is 1. The number of aromatic nitrogens is 4. The molecule has 59 heavy (non-hydrogen) atoms. The van der Waals surface area contributed by atoms with E-state index in [1.165, 1.54) is 23.7 Å². The van der Waals surface area contributed by atoms with Crippen LogP contribution in [0.15, 0.2) is 54.9 Å². The Hall–Kier alpha value is -4.48. The molecule has 2 aromatic carbocycles. The highest BCUT2D eigenvalue weighted by molar-refractivity contribution is 7.52. The van der Waals surface area contributed by atoms with E-state index >= 15 is 0 Å². The van der Waals surface area contributed by atoms with Gasteiger partial charge in [-0.05, 0) is 67.9 Å². The van der Waals surface area contributed by atoms with Crippen molar-refractivity contribution in [3.8, 4) is 18.1 Å². The average molecular weight is 841 g/mol. The van der Waals surface area contributed by atoms with Gasteiger partial charge >= 0.3 is 19.8 Å². The van der Waals surface area contributed by atoms with Crippen LogP contribution >= 0.6 is 7.75 Å². The van der Waals surface area contributed by atoms with Gasteiger partial charge in [-0.25, -0.2) is 18.3 Å². The Morgan fingerprint density at radius 1 is 1.02 bits per heavy atom. The number of unbranched alkanes of at least 4 members (excludes halogenated alkanes) is 8. The summed E-state index contributed by atoms with van der Waals surface area (Å²) >= 11 is 0. The van der Waals surface area contributed by atoms with Crippen molar-refractivity contribution in [3.63, 3.8) is 0 Å². The maximum absolute atomic E-state index is 14.9. The summed E-state index contributed by atoms with van der Waals surface area (Å²) in [5.74, 6) is 0.228. The zero-order valence-electron chi connectivity index (χ0n) is 33.9. The van der Waals surface area contributed by atoms with E-state index in [2.05, 4.69) is 39.8 Å². The summed E-state index contributed by atoms with van der Waals surface area (Å²) in [6.45, 7) is 3.98. The quantitative estimate of drug-likeness (QED) is 0.0216. The van der Waals surface area contributed by atoms with Gasteiger partial charge in [-0.15, -0.1) is 6.42 Å². The molecular weight excluding hydrogens is 784 g/mol. The molecule has 3 N–H and O–H groups in total. The van der Waals surface area contributed by atoms with Crippen molar-refractivity contribution in [2.75, 3.05) is 18.9 Å². The number of benzene rings is 2. The summed E-state index contributed by atoms with van der Waals surface area (Å²) in [4.78, 5) is 25.6. The van der Waals surface area contributed by atoms with Crippen molar-refractivity contribution in [3.05, 3.63) is 78.1 Å². The number of anilines is 1. The molecule has 0 saturated carbocycles. The number of halogens is 3. The SMILES string of the molecule is C#C[C@@]1(COP(=O)(N[C@@H](Cc2cc(F)cc(F)c2)C(=O)OCC(CCCCCCC)CCCCCCC)Oc2ccccc2)CC[C@H](n2cnc3c(N)nc(F)nc32)O1. The molecule has 0 bridgehead atoms. The monoisotopic (exact) mass is 840 g/mol. The highest BCUT2D eigenvalue weighted by Crippen LogP contribution is 2.48. The van der Waals surface area contributed by atoms with Crippen LogP contribution in [-0.4, -0.2) is 50.3 Å². The van der Waals surface area contributed by atoms with Gasteiger partial charge < -0.3 is 19.7 Å². The molecular formula is C43H56F3N6O6P. The molecule has 12 nitrogen and oxygen atoms in total. The lowest BCUT2D eigenvalue weighted by Crippen LogP contribution is -2.41. The summed E-state index contributed by atoms with van der Waals surface area (Å²) in [6, 6.07) is 9.63. The van der Waals surface area contributed by atoms with Gasteiger partial charge in [0.25, 0.3) is 0 Å². The summed E-state index contributed by atoms with van der Waals surface area (Å²) in [5.41, 5.74) is 4.76. The third kappa shape index (κ3) is 13.5. The molecule has 1 fully saturated rings. The minimum absolute atomic E-state index is 0.0962. The van der Waals surface area contributed by atoms with Crippen LogP contribution in [0.4, 0.5) is 19.0 Å². The summed E-state index contributed by atoms with van der Waals surface area (Å²) < 4.78 is 83.6. The van der Waals surface area contributed by atoms with Gasteiger partial charge in [0.2, 0.25) is 0 Å². The number of ether oxygens (including phenoxy) is 2. The van der Waals surface area contributed by atoms with E-state index in [0.717, 1.165) is 82.4 Å². The molecule has 0 amide bonds. The molecule has 0 spiro atoms. The number of nitrogens with one attached hydrogen (secondary N) is 1. The van der Waals surface area contributed by atoms with Crippen molar-refractivity contribution >= 4 is 30.7 Å². The van der Waals surface area contributed by atoms with Crippen LogP contribution in [0.2, 0.25) is 0 Å². The molecule has 4 atom stereocenters. The topological polar surface area (TPSA) is 153 Å². The number of esters is 1. The van der Waals surface area contributed by atoms with Crippen molar-refractivity contribution in [2.45, 2.75) is 128 Å². The zero-order chi connectivity index (χ0) is 42.3. The van der Waals surface area contributed by atoms with E-state index < -0.39 is 55.9 Å². The van der Waals surface area contributed by atoms with Gasteiger partial charge in [-0.1, -0.05) is 102 Å². The standard InChI is InChI=1S/C43H56F3N6O6P/c1-4-7-9-11-14-18-31(19-15-12-10-8-5-2)28-55-41(53)36(26-32-24-33(44)27-34(45)25-32)51-59(54,58-35-20-16-13-17-21-35)56-29-43(6-3)23-22-37(57-43)52-30-48-38-39(47)49-42(46)50-40(38)52/h3,13,16-17,20-21,24-25,27,30-31,36-37H,4-5,7-12,14-15,18-19,22-23,26,28-29H2,1-2H3,(H,51,54)(H2,47,49,50)/t36-,37+,43-,59?/m0/s1. The van der Waals surface area contributed by atoms with Gasteiger partial charge in [-0.2, -0.15) is 19.4 Å². The van der Waals surface area contributed by atoms with E-state index in [4.69, 9.17) is 30.7 Å². The predicted molar refractivity (Wildman–Crippen MR) is 219 cm³/mol. The fraction of sp³-hybridized carbons (Fsp3) is 0.535. The number of carbonyl (C=O) groups excluding carboxylic acids is 1. The Kier molecular flexibility index (Phi) is 17.2. The summed E-state index contributed by atoms with van der Waals surface area (Å²) in [6.07, 6.45) is 18.6. The summed E-state index contributed by atoms with van der Waals surface area (Å²) in [7, 11) is -4.58. The fourth-order valence-corrected chi connectivity index (χ4v) is 8.76. The minimum Gasteiger partial charge on any atom is -0.464 e. The van der Waals surface area contributed by atoms with E-state index in [9.17, 15) is 22.5 Å². The molecule has 1 unspecified atom stereocenters. The lowest BCUT2D eigenvalue weighted by atomic mass is 9.95. The fourth-order valence-electron chi connectivity index (χ4n) is 7.23. The van der Waals surface area contributed by atoms with Crippen LogP contribution in [0, 0.1) is 36.0 Å². The molecule has 1 aliphatic heterocycles. The Balaban J connectivity index is 1.36. The van der Waals surface area contributed by atoms with Crippen LogP contribution in [0.1, 0.15) is 116 Å². The normalized spacial score (nSPS) is 18.2. The molecule has 5 rings (SSSR count). The first-order valence-electron chi connectivity index (χ1n) is 20.6. The van der Waals surface area contributed by atoms with Gasteiger partial charge in [0.05, 0.1) is 19.5 Å². The van der Waals surface area contributed by atoms with E-state index in [0.29, 0.717) is 6.42 Å². The highest BCUT2D eigenvalue weighted by Gasteiger charge is 2.44. The molecule has 1 aliphatic rings. The maximum atomic E-state index is 14.9. The maximum Gasteiger partial charge on any atom is 0.459 e. The number of hydrogen-bond acceptors (Lipinski definition) is 10. The Labute approximate surface area is 344 Å². The average Bonchev–Trinajstić information content (AvgIpc) is 3.83. The molecule has 4 aromatic rings. The van der Waals surface area contributed by atoms with Gasteiger partial charge in [0, 0.05) is 6.07 Å². The van der Waals surface area contributed by atoms with E-state index in [1.54, 1.807) is 30.3 Å². The second kappa shape index (κ2) is 22.2. The second-order valence-corrected chi connectivity index (χ2v) is 16.9. The number of imidazole rings is 1. The molecule has 0 aliphatic carbocycles. The largest absolute Gasteiger partial charge is 0.464 e. The van der Waals surface area contributed by atoms with Gasteiger partial charge in [0.15, 0.2) is 22.6 Å². The van der Waals surface area contributed by atoms with Crippen molar-refractivity contribution in [2.24, 2.45) is 5.92 Å². The smallest absolute Gasteiger partial charge is 0.459 e. The zero-order valence-corrected chi connectivity index (χ0v) is 34.8. The first kappa shape index (κ1) is 45.6. The molecule has 0 radical (unpaired) electrons. The number of carbonyl (C=O) groups is 1. The number of fused-ring (bicyclic) bond motifs is 1. The minimum atomic E-state index is -4.58. The molecule has 3 heterocycles. The Morgan fingerprint density at radius 3 is 2.32 bits per heavy atom. The molecule has 16 heteroatoms. The number of nitrogens with zero attached hydrogens (tertiary/aromatic N) is 4. The van der Waals surface area contributed by atoms with Crippen molar-refractivity contribution in [1.29, 1.82) is 0 Å². The lowest BCUT2D eigenvalue weighted by molar-refractivity contribution is -0.147. The van der Waals surface area contributed by atoms with Gasteiger partial charge in [-0.3, -0.25) is 13.9 Å². The highest BCUT2D eigenvalue weighted by atomic mass is 31.2.